The first-order valence-corrected chi connectivity index (χ1v) is 12.4. The lowest BCUT2D eigenvalue weighted by molar-refractivity contribution is 0.156. The van der Waals surface area contributed by atoms with Crippen molar-refractivity contribution in [2.24, 2.45) is 0 Å². The number of amides is 2. The summed E-state index contributed by atoms with van der Waals surface area (Å²) in [6, 6.07) is 11.1. The van der Waals surface area contributed by atoms with Crippen molar-refractivity contribution in [2.75, 3.05) is 32.1 Å². The third-order valence-corrected chi connectivity index (χ3v) is 8.20. The van der Waals surface area contributed by atoms with Gasteiger partial charge in [-0.1, -0.05) is 23.9 Å². The van der Waals surface area contributed by atoms with Gasteiger partial charge in [-0.05, 0) is 76.0 Å². The van der Waals surface area contributed by atoms with E-state index in [0.717, 1.165) is 28.4 Å². The monoisotopic (exact) mass is 449 g/mol. The molecule has 1 fully saturated rings. The molecule has 0 unspecified atom stereocenters. The molecule has 3 heterocycles. The Hall–Kier alpha value is -2.51. The quantitative estimate of drug-likeness (QED) is 0.600. The summed E-state index contributed by atoms with van der Waals surface area (Å²) in [7, 11) is 2.26. The third kappa shape index (κ3) is 3.57. The Bertz CT molecular complexity index is 1120. The first-order chi connectivity index (χ1) is 15.6. The highest BCUT2D eigenvalue weighted by Crippen LogP contribution is 2.47. The molecule has 2 atom stereocenters. The molecule has 1 saturated heterocycles. The summed E-state index contributed by atoms with van der Waals surface area (Å²) in [4.78, 5) is 22.7. The largest absolute Gasteiger partial charge is 0.336 e. The first kappa shape index (κ1) is 21.3. The second kappa shape index (κ2) is 8.79. The van der Waals surface area contributed by atoms with Gasteiger partial charge in [0.15, 0.2) is 0 Å². The van der Waals surface area contributed by atoms with Gasteiger partial charge in [-0.15, -0.1) is 0 Å². The number of urea groups is 1. The van der Waals surface area contributed by atoms with Crippen LogP contribution in [-0.4, -0.2) is 58.2 Å². The molecule has 0 bridgehead atoms. The van der Waals surface area contributed by atoms with Gasteiger partial charge in [-0.25, -0.2) is 14.9 Å². The lowest BCUT2D eigenvalue weighted by Crippen LogP contribution is -2.44. The van der Waals surface area contributed by atoms with Gasteiger partial charge in [0, 0.05) is 47.7 Å². The second-order valence-electron chi connectivity index (χ2n) is 8.74. The smallest absolute Gasteiger partial charge is 0.324 e. The topological polar surface area (TPSA) is 53.4 Å². The van der Waals surface area contributed by atoms with Crippen LogP contribution in [0.5, 0.6) is 0 Å². The van der Waals surface area contributed by atoms with Crippen molar-refractivity contribution in [3.05, 3.63) is 53.9 Å². The fraction of sp³-hybridized carbons (Fsp3) is 0.440. The molecule has 0 radical (unpaired) electrons. The highest BCUT2D eigenvalue weighted by molar-refractivity contribution is 7.99. The van der Waals surface area contributed by atoms with E-state index >= 15 is 0 Å². The minimum Gasteiger partial charge on any atom is -0.324 e. The predicted molar refractivity (Wildman–Crippen MR) is 130 cm³/mol. The molecular weight excluding hydrogens is 418 g/mol. The Morgan fingerprint density at radius 3 is 2.75 bits per heavy atom. The van der Waals surface area contributed by atoms with Gasteiger partial charge in [-0.2, -0.15) is 0 Å². The highest BCUT2D eigenvalue weighted by Gasteiger charge is 2.38. The van der Waals surface area contributed by atoms with E-state index in [0.29, 0.717) is 25.0 Å². The summed E-state index contributed by atoms with van der Waals surface area (Å²) in [5, 5.41) is 2.44. The molecule has 1 aromatic carbocycles. The Kier molecular flexibility index (Phi) is 5.86. The van der Waals surface area contributed by atoms with Gasteiger partial charge in [0.1, 0.15) is 5.03 Å². The van der Waals surface area contributed by atoms with E-state index < -0.39 is 0 Å². The summed E-state index contributed by atoms with van der Waals surface area (Å²) in [5.74, 6) is 0.554. The van der Waals surface area contributed by atoms with Crippen molar-refractivity contribution in [3.8, 4) is 0 Å². The third-order valence-electron chi connectivity index (χ3n) is 7.07. The number of aromatic nitrogens is 2. The Balaban J connectivity index is 1.68. The number of carbonyl (C=O) groups excluding carboxylic acids is 1. The number of hydrogen-bond donors (Lipinski definition) is 1. The van der Waals surface area contributed by atoms with E-state index in [1.807, 2.05) is 47.9 Å². The van der Waals surface area contributed by atoms with Crippen LogP contribution in [0.15, 0.2) is 52.6 Å². The molecule has 3 aromatic rings. The number of likely N-dealkylation sites (tertiary alicyclic amines) is 1. The van der Waals surface area contributed by atoms with Crippen LogP contribution in [0.2, 0.25) is 0 Å². The van der Waals surface area contributed by atoms with E-state index in [2.05, 4.69) is 40.6 Å². The van der Waals surface area contributed by atoms with Gasteiger partial charge in [-0.3, -0.25) is 4.98 Å². The fourth-order valence-electron chi connectivity index (χ4n) is 5.43. The van der Waals surface area contributed by atoms with Crippen molar-refractivity contribution >= 4 is 28.7 Å². The maximum atomic E-state index is 13.1. The number of piperidine rings is 1. The summed E-state index contributed by atoms with van der Waals surface area (Å²) in [5.41, 5.74) is 7.12. The van der Waals surface area contributed by atoms with E-state index in [-0.39, 0.29) is 6.03 Å². The van der Waals surface area contributed by atoms with Crippen molar-refractivity contribution in [3.63, 3.8) is 0 Å². The summed E-state index contributed by atoms with van der Waals surface area (Å²) < 4.78 is 2.04. The normalized spacial score (nSPS) is 20.2. The van der Waals surface area contributed by atoms with E-state index in [1.54, 1.807) is 11.8 Å². The van der Waals surface area contributed by atoms with Gasteiger partial charge in [0.2, 0.25) is 0 Å². The zero-order valence-corrected chi connectivity index (χ0v) is 19.9. The molecule has 2 aromatic heterocycles. The Labute approximate surface area is 194 Å². The van der Waals surface area contributed by atoms with Gasteiger partial charge < -0.3 is 9.80 Å². The molecule has 6 nitrogen and oxygen atoms in total. The zero-order valence-electron chi connectivity index (χ0n) is 19.0. The number of likely N-dealkylation sites (N-methyl/N-ethyl adjacent to an activating group) is 1. The number of nitrogens with one attached hydrogen (secondary N) is 1. The van der Waals surface area contributed by atoms with Crippen LogP contribution in [0.25, 0.3) is 10.9 Å². The molecule has 7 heteroatoms. The molecule has 32 heavy (non-hydrogen) atoms. The molecule has 0 spiro atoms. The van der Waals surface area contributed by atoms with Crippen LogP contribution in [0.1, 0.15) is 43.7 Å². The molecule has 5 rings (SSSR count). The second-order valence-corrected chi connectivity index (χ2v) is 9.80. The first-order valence-electron chi connectivity index (χ1n) is 11.6. The van der Waals surface area contributed by atoms with Crippen LogP contribution >= 0.6 is 11.8 Å². The minimum atomic E-state index is -0.0609. The highest BCUT2D eigenvalue weighted by atomic mass is 32.2. The zero-order chi connectivity index (χ0) is 22.2. The molecule has 1 aliphatic heterocycles. The van der Waals surface area contributed by atoms with Crippen molar-refractivity contribution in [1.82, 2.24) is 19.5 Å². The molecule has 168 valence electrons. The van der Waals surface area contributed by atoms with E-state index in [9.17, 15) is 4.79 Å². The van der Waals surface area contributed by atoms with Gasteiger partial charge in [0.05, 0.1) is 5.52 Å². The number of benzene rings is 1. The Morgan fingerprint density at radius 2 is 2.00 bits per heavy atom. The number of pyridine rings is 1. The maximum absolute atomic E-state index is 13.1. The maximum Gasteiger partial charge on any atom is 0.336 e. The molecule has 2 aliphatic rings. The average molecular weight is 450 g/mol. The lowest BCUT2D eigenvalue weighted by atomic mass is 9.75. The van der Waals surface area contributed by atoms with Gasteiger partial charge >= 0.3 is 6.03 Å². The van der Waals surface area contributed by atoms with Crippen molar-refractivity contribution in [1.29, 1.82) is 0 Å². The number of hydrogen-bond acceptors (Lipinski definition) is 4. The van der Waals surface area contributed by atoms with Crippen LogP contribution in [0.3, 0.4) is 0 Å². The molecular formula is C25H31N5OS. The molecule has 2 amide bonds. The minimum absolute atomic E-state index is 0.0609. The van der Waals surface area contributed by atoms with Gasteiger partial charge in [0.25, 0.3) is 0 Å². The average Bonchev–Trinajstić information content (AvgIpc) is 3.10. The number of rotatable bonds is 5. The fourth-order valence-corrected chi connectivity index (χ4v) is 6.46. The Morgan fingerprint density at radius 1 is 1.22 bits per heavy atom. The molecule has 1 aliphatic carbocycles. The van der Waals surface area contributed by atoms with Crippen molar-refractivity contribution in [2.45, 2.75) is 55.0 Å². The van der Waals surface area contributed by atoms with Crippen LogP contribution in [-0.2, 0) is 6.42 Å². The van der Waals surface area contributed by atoms with Crippen molar-refractivity contribution < 1.29 is 4.79 Å². The summed E-state index contributed by atoms with van der Waals surface area (Å²) in [6.45, 7) is 6.55. The van der Waals surface area contributed by atoms with Crippen LogP contribution in [0, 0.1) is 0 Å². The molecule has 0 saturated carbocycles. The lowest BCUT2D eigenvalue weighted by Gasteiger charge is -2.42. The SMILES string of the molecule is CCN(CC)C(=O)Nn1c(Sc2ccncc2)c2c3c(cccc31)[C@H]1CCCN(C)[C@@H]1C2. The number of fused-ring (bicyclic) bond motifs is 2. The predicted octanol–water partition coefficient (Wildman–Crippen LogP) is 4.93. The number of nitrogens with zero attached hydrogens (tertiary/aromatic N) is 4. The van der Waals surface area contributed by atoms with Crippen LogP contribution in [0.4, 0.5) is 4.79 Å². The number of carbonyl (C=O) groups is 1. The van der Waals surface area contributed by atoms with Crippen LogP contribution < -0.4 is 5.43 Å². The van der Waals surface area contributed by atoms with E-state index in [1.165, 1.54) is 29.4 Å². The standard InChI is InChI=1S/C25H31N5OS/c1-4-29(5-2)25(31)27-30-21-10-6-8-19-18-9-7-15-28(3)22(18)16-20(23(19)21)24(30)32-17-11-13-26-14-12-17/h6,8,10-14,18,22H,4-5,7,9,15-16H2,1-3H3,(H,27,31)/t18-,22-/m1/s1. The van der Waals surface area contributed by atoms with E-state index in [4.69, 9.17) is 0 Å². The summed E-state index contributed by atoms with van der Waals surface area (Å²) >= 11 is 1.71. The summed E-state index contributed by atoms with van der Waals surface area (Å²) in [6.07, 6.45) is 7.13. The molecule has 1 N–H and O–H groups in total.